The molecule has 5 rings (SSSR count). The number of ether oxygens (including phenoxy) is 2. The second-order valence-electron chi connectivity index (χ2n) is 10.1. The van der Waals surface area contributed by atoms with Gasteiger partial charge in [-0.15, -0.1) is 0 Å². The van der Waals surface area contributed by atoms with Gasteiger partial charge in [-0.25, -0.2) is 9.59 Å². The number of rotatable bonds is 13. The molecule has 9 nitrogen and oxygen atoms in total. The molecule has 0 saturated carbocycles. The summed E-state index contributed by atoms with van der Waals surface area (Å²) in [6, 6.07) is 19.9. The summed E-state index contributed by atoms with van der Waals surface area (Å²) in [5.41, 5.74) is 4.75. The number of aromatic amines is 1. The molecule has 0 aliphatic carbocycles. The molecule has 2 heterocycles. The highest BCUT2D eigenvalue weighted by atomic mass is 16.5. The van der Waals surface area contributed by atoms with E-state index in [1.807, 2.05) is 47.3 Å². The van der Waals surface area contributed by atoms with Crippen molar-refractivity contribution in [2.24, 2.45) is 0 Å². The van der Waals surface area contributed by atoms with Gasteiger partial charge in [0, 0.05) is 58.4 Å². The zero-order chi connectivity index (χ0) is 30.3. The van der Waals surface area contributed by atoms with E-state index in [9.17, 15) is 19.8 Å². The Kier molecular flexibility index (Phi) is 8.90. The van der Waals surface area contributed by atoms with E-state index >= 15 is 0 Å². The fourth-order valence-electron chi connectivity index (χ4n) is 5.09. The van der Waals surface area contributed by atoms with Gasteiger partial charge in [0.1, 0.15) is 18.1 Å². The lowest BCUT2D eigenvalue weighted by atomic mass is 10.00. The molecule has 0 spiro atoms. The van der Waals surface area contributed by atoms with Crippen LogP contribution in [0.3, 0.4) is 0 Å². The van der Waals surface area contributed by atoms with Crippen LogP contribution in [0.1, 0.15) is 46.8 Å². The van der Waals surface area contributed by atoms with Crippen LogP contribution in [0.15, 0.2) is 84.7 Å². The van der Waals surface area contributed by atoms with E-state index in [1.54, 1.807) is 43.6 Å². The van der Waals surface area contributed by atoms with Crippen LogP contribution in [0.2, 0.25) is 0 Å². The lowest BCUT2D eigenvalue weighted by molar-refractivity contribution is -0.132. The molecular formula is C34H33N3O6. The number of methoxy groups -OCH3 is 1. The van der Waals surface area contributed by atoms with Crippen molar-refractivity contribution in [2.75, 3.05) is 7.11 Å². The van der Waals surface area contributed by atoms with Crippen LogP contribution >= 0.6 is 0 Å². The van der Waals surface area contributed by atoms with Gasteiger partial charge in [0.2, 0.25) is 0 Å². The first-order valence-electron chi connectivity index (χ1n) is 14.1. The lowest BCUT2D eigenvalue weighted by Crippen LogP contribution is -2.07. The van der Waals surface area contributed by atoms with E-state index in [1.165, 1.54) is 6.07 Å². The number of carboxylic acid groups (broad SMARTS) is 2. The standard InChI is InChI=1S/C34H33N3O6/c1-3-4-15-37-32(25(20-36-37)17-23(33(38)39)16-24-19-35-30-12-8-7-10-27(24)30)29-14-13-26(42-2)18-31(29)43-21-22-9-5-6-11-28(22)34(40)41/h5-14,17-20,35H,3-4,15-16,21H2,1-2H3,(H,38,39)(H,40,41)/b23-17+. The van der Waals surface area contributed by atoms with Gasteiger partial charge in [0.15, 0.2) is 0 Å². The number of carbonyl (C=O) groups is 2. The molecule has 0 atom stereocenters. The van der Waals surface area contributed by atoms with E-state index in [0.29, 0.717) is 40.4 Å². The van der Waals surface area contributed by atoms with Crippen LogP contribution in [0, 0.1) is 0 Å². The number of hydrogen-bond donors (Lipinski definition) is 3. The highest BCUT2D eigenvalue weighted by Gasteiger charge is 2.20. The number of carboxylic acids is 2. The summed E-state index contributed by atoms with van der Waals surface area (Å²) in [6.45, 7) is 2.73. The molecule has 9 heteroatoms. The first-order valence-corrected chi connectivity index (χ1v) is 14.1. The molecule has 220 valence electrons. The van der Waals surface area contributed by atoms with E-state index in [0.717, 1.165) is 29.3 Å². The summed E-state index contributed by atoms with van der Waals surface area (Å²) >= 11 is 0. The third-order valence-corrected chi connectivity index (χ3v) is 7.33. The summed E-state index contributed by atoms with van der Waals surface area (Å²) in [7, 11) is 1.56. The van der Waals surface area contributed by atoms with Crippen molar-refractivity contribution in [3.8, 4) is 22.8 Å². The fourth-order valence-corrected chi connectivity index (χ4v) is 5.09. The number of unbranched alkanes of at least 4 members (excludes halogenated alkanes) is 1. The Morgan fingerprint density at radius 1 is 1.02 bits per heavy atom. The lowest BCUT2D eigenvalue weighted by Gasteiger charge is -2.16. The minimum Gasteiger partial charge on any atom is -0.497 e. The predicted octanol–water partition coefficient (Wildman–Crippen LogP) is 6.83. The quantitative estimate of drug-likeness (QED) is 0.131. The molecule has 0 saturated heterocycles. The third-order valence-electron chi connectivity index (χ3n) is 7.33. The van der Waals surface area contributed by atoms with Crippen LogP contribution in [0.4, 0.5) is 0 Å². The van der Waals surface area contributed by atoms with E-state index < -0.39 is 11.9 Å². The smallest absolute Gasteiger partial charge is 0.336 e. The van der Waals surface area contributed by atoms with Crippen molar-refractivity contribution in [2.45, 2.75) is 39.3 Å². The Balaban J connectivity index is 1.58. The third kappa shape index (κ3) is 6.46. The van der Waals surface area contributed by atoms with Gasteiger partial charge in [0.05, 0.1) is 24.6 Å². The van der Waals surface area contributed by atoms with E-state index in [-0.39, 0.29) is 24.2 Å². The largest absolute Gasteiger partial charge is 0.497 e. The highest BCUT2D eigenvalue weighted by Crippen LogP contribution is 2.37. The zero-order valence-corrected chi connectivity index (χ0v) is 24.0. The Morgan fingerprint density at radius 3 is 2.58 bits per heavy atom. The highest BCUT2D eigenvalue weighted by molar-refractivity contribution is 5.95. The number of para-hydroxylation sites is 1. The maximum atomic E-state index is 12.5. The van der Waals surface area contributed by atoms with Crippen molar-refractivity contribution >= 4 is 28.9 Å². The van der Waals surface area contributed by atoms with Gasteiger partial charge in [0.25, 0.3) is 0 Å². The molecular weight excluding hydrogens is 546 g/mol. The molecule has 0 unspecified atom stereocenters. The van der Waals surface area contributed by atoms with Crippen LogP contribution in [0.5, 0.6) is 11.5 Å². The molecule has 0 aliphatic heterocycles. The fraction of sp³-hybridized carbons (Fsp3) is 0.206. The first kappa shape index (κ1) is 29.2. The number of nitrogens with zero attached hydrogens (tertiary/aromatic N) is 2. The van der Waals surface area contributed by atoms with E-state index in [2.05, 4.69) is 17.0 Å². The van der Waals surface area contributed by atoms with Crippen molar-refractivity contribution in [1.82, 2.24) is 14.8 Å². The van der Waals surface area contributed by atoms with Crippen molar-refractivity contribution in [1.29, 1.82) is 0 Å². The maximum absolute atomic E-state index is 12.5. The predicted molar refractivity (Wildman–Crippen MR) is 164 cm³/mol. The first-order chi connectivity index (χ1) is 20.9. The summed E-state index contributed by atoms with van der Waals surface area (Å²) in [6.07, 6.45) is 7.23. The van der Waals surface area contributed by atoms with Crippen LogP contribution < -0.4 is 9.47 Å². The minimum absolute atomic E-state index is 0.0118. The number of benzene rings is 3. The molecule has 43 heavy (non-hydrogen) atoms. The summed E-state index contributed by atoms with van der Waals surface area (Å²) < 4.78 is 13.6. The van der Waals surface area contributed by atoms with Crippen LogP contribution in [-0.4, -0.2) is 44.0 Å². The van der Waals surface area contributed by atoms with Gasteiger partial charge in [-0.2, -0.15) is 5.10 Å². The molecule has 2 aromatic heterocycles. The zero-order valence-electron chi connectivity index (χ0n) is 24.0. The summed E-state index contributed by atoms with van der Waals surface area (Å²) in [5, 5.41) is 25.5. The Bertz CT molecular complexity index is 1800. The average molecular weight is 580 g/mol. The van der Waals surface area contributed by atoms with Crippen molar-refractivity contribution in [3.05, 3.63) is 107 Å². The second-order valence-corrected chi connectivity index (χ2v) is 10.1. The van der Waals surface area contributed by atoms with Gasteiger partial charge < -0.3 is 24.7 Å². The molecule has 0 bridgehead atoms. The minimum atomic E-state index is -1.04. The topological polar surface area (TPSA) is 127 Å². The molecule has 0 aliphatic rings. The number of aromatic nitrogens is 3. The molecule has 0 amide bonds. The van der Waals surface area contributed by atoms with E-state index in [4.69, 9.17) is 9.47 Å². The Morgan fingerprint density at radius 2 is 1.81 bits per heavy atom. The number of aromatic carboxylic acids is 1. The number of nitrogens with one attached hydrogen (secondary N) is 1. The molecule has 3 N–H and O–H groups in total. The number of H-pyrrole nitrogens is 1. The van der Waals surface area contributed by atoms with Crippen LogP contribution in [-0.2, 0) is 24.4 Å². The molecule has 0 radical (unpaired) electrons. The molecule has 3 aromatic carbocycles. The van der Waals surface area contributed by atoms with Crippen molar-refractivity contribution in [3.63, 3.8) is 0 Å². The Labute approximate surface area is 249 Å². The van der Waals surface area contributed by atoms with Gasteiger partial charge >= 0.3 is 11.9 Å². The maximum Gasteiger partial charge on any atom is 0.336 e. The monoisotopic (exact) mass is 579 g/mol. The van der Waals surface area contributed by atoms with Gasteiger partial charge in [-0.3, -0.25) is 4.68 Å². The number of fused-ring (bicyclic) bond motifs is 1. The number of aliphatic carboxylic acids is 1. The normalized spacial score (nSPS) is 11.5. The Hall–Kier alpha value is -5.31. The van der Waals surface area contributed by atoms with Gasteiger partial charge in [-0.05, 0) is 42.3 Å². The van der Waals surface area contributed by atoms with Crippen molar-refractivity contribution < 1.29 is 29.3 Å². The number of hydrogen-bond acceptors (Lipinski definition) is 5. The summed E-state index contributed by atoms with van der Waals surface area (Å²) in [4.78, 5) is 27.5. The van der Waals surface area contributed by atoms with Crippen LogP contribution in [0.25, 0.3) is 28.2 Å². The average Bonchev–Trinajstić information content (AvgIpc) is 3.62. The second kappa shape index (κ2) is 13.1. The SMILES string of the molecule is CCCCn1ncc(/C=C(\Cc2c[nH]c3ccccc23)C(=O)O)c1-c1ccc(OC)cc1OCc1ccccc1C(=O)O. The number of aryl methyl sites for hydroxylation is 1. The summed E-state index contributed by atoms with van der Waals surface area (Å²) in [5.74, 6) is -1.03. The van der Waals surface area contributed by atoms with Gasteiger partial charge in [-0.1, -0.05) is 49.7 Å². The molecule has 0 fully saturated rings. The molecule has 5 aromatic rings.